The van der Waals surface area contributed by atoms with Crippen LogP contribution in [0, 0.1) is 16.7 Å². The molecule has 2 N–H and O–H groups in total. The summed E-state index contributed by atoms with van der Waals surface area (Å²) in [6.45, 7) is 14.6. The quantitative estimate of drug-likeness (QED) is 0.713. The van der Waals surface area contributed by atoms with Gasteiger partial charge in [-0.25, -0.2) is 0 Å². The Morgan fingerprint density at radius 2 is 1.54 bits per heavy atom. The van der Waals surface area contributed by atoms with Gasteiger partial charge >= 0.3 is 0 Å². The van der Waals surface area contributed by atoms with Crippen molar-refractivity contribution in [2.45, 2.75) is 54.4 Å². The highest BCUT2D eigenvalue weighted by Gasteiger charge is 2.28. The van der Waals surface area contributed by atoms with E-state index in [1.165, 1.54) is 12.8 Å². The van der Waals surface area contributed by atoms with E-state index in [1.54, 1.807) is 0 Å². The minimum absolute atomic E-state index is 0.348. The van der Waals surface area contributed by atoms with Gasteiger partial charge in [0.15, 0.2) is 0 Å². The molecule has 1 heteroatoms. The summed E-state index contributed by atoms with van der Waals surface area (Å²) in [5.41, 5.74) is 6.61. The minimum Gasteiger partial charge on any atom is -0.330 e. The van der Waals surface area contributed by atoms with Crippen LogP contribution in [0.25, 0.3) is 0 Å². The van der Waals surface area contributed by atoms with Crippen LogP contribution in [0.3, 0.4) is 0 Å². The highest BCUT2D eigenvalue weighted by molar-refractivity contribution is 4.80. The Morgan fingerprint density at radius 3 is 1.77 bits per heavy atom. The molecule has 1 unspecified atom stereocenters. The summed E-state index contributed by atoms with van der Waals surface area (Å²) in [4.78, 5) is 0. The Kier molecular flexibility index (Phi) is 4.44. The zero-order valence-corrected chi connectivity index (χ0v) is 10.3. The Hall–Kier alpha value is -0.0400. The first kappa shape index (κ1) is 13.0. The van der Waals surface area contributed by atoms with E-state index < -0.39 is 0 Å². The van der Waals surface area contributed by atoms with Gasteiger partial charge in [-0.15, -0.1) is 0 Å². The molecule has 0 aliphatic rings. The summed E-state index contributed by atoms with van der Waals surface area (Å²) in [7, 11) is 0. The van der Waals surface area contributed by atoms with Crippen molar-refractivity contribution < 1.29 is 0 Å². The van der Waals surface area contributed by atoms with Gasteiger partial charge < -0.3 is 5.73 Å². The summed E-state index contributed by atoms with van der Waals surface area (Å²) in [6, 6.07) is 0. The molecule has 0 saturated heterocycles. The lowest BCUT2D eigenvalue weighted by Gasteiger charge is -2.36. The average Bonchev–Trinajstić information content (AvgIpc) is 1.98. The van der Waals surface area contributed by atoms with E-state index in [0.717, 1.165) is 6.54 Å². The molecule has 13 heavy (non-hydrogen) atoms. The second-order valence-corrected chi connectivity index (χ2v) is 6.02. The number of hydrogen-bond donors (Lipinski definition) is 1. The zero-order valence-electron chi connectivity index (χ0n) is 10.3. The molecule has 0 bridgehead atoms. The van der Waals surface area contributed by atoms with Gasteiger partial charge in [-0.3, -0.25) is 0 Å². The van der Waals surface area contributed by atoms with Crippen molar-refractivity contribution >= 4 is 0 Å². The van der Waals surface area contributed by atoms with E-state index in [9.17, 15) is 0 Å². The van der Waals surface area contributed by atoms with Gasteiger partial charge in [-0.05, 0) is 29.7 Å². The standard InChI is InChI=1S/C12H27N/c1-7-12(5,6)8-10(9-13)11(2,3)4/h10H,7-9,13H2,1-6H3. The predicted octanol–water partition coefficient (Wildman–Crippen LogP) is 3.43. The van der Waals surface area contributed by atoms with Crippen molar-refractivity contribution in [2.75, 3.05) is 6.54 Å². The number of nitrogens with two attached hydrogens (primary N) is 1. The maximum absolute atomic E-state index is 5.82. The van der Waals surface area contributed by atoms with Gasteiger partial charge in [-0.1, -0.05) is 48.0 Å². The SMILES string of the molecule is CCC(C)(C)CC(CN)C(C)(C)C. The zero-order chi connectivity index (χ0) is 10.7. The third-order valence-electron chi connectivity index (χ3n) is 3.27. The molecule has 0 amide bonds. The van der Waals surface area contributed by atoms with Crippen molar-refractivity contribution in [1.29, 1.82) is 0 Å². The Balaban J connectivity index is 4.30. The van der Waals surface area contributed by atoms with Gasteiger partial charge in [0.1, 0.15) is 0 Å². The molecule has 80 valence electrons. The van der Waals surface area contributed by atoms with Crippen LogP contribution in [0.2, 0.25) is 0 Å². The van der Waals surface area contributed by atoms with Crippen LogP contribution in [0.5, 0.6) is 0 Å². The van der Waals surface area contributed by atoms with Crippen LogP contribution >= 0.6 is 0 Å². The molecule has 0 aromatic rings. The average molecular weight is 185 g/mol. The summed E-state index contributed by atoms with van der Waals surface area (Å²) in [5, 5.41) is 0. The first-order valence-corrected chi connectivity index (χ1v) is 5.43. The number of rotatable bonds is 4. The van der Waals surface area contributed by atoms with Gasteiger partial charge in [-0.2, -0.15) is 0 Å². The van der Waals surface area contributed by atoms with E-state index in [2.05, 4.69) is 41.5 Å². The van der Waals surface area contributed by atoms with E-state index >= 15 is 0 Å². The topological polar surface area (TPSA) is 26.0 Å². The van der Waals surface area contributed by atoms with Crippen molar-refractivity contribution in [1.82, 2.24) is 0 Å². The fraction of sp³-hybridized carbons (Fsp3) is 1.00. The molecule has 1 nitrogen and oxygen atoms in total. The first-order valence-electron chi connectivity index (χ1n) is 5.43. The lowest BCUT2D eigenvalue weighted by Crippen LogP contribution is -2.32. The highest BCUT2D eigenvalue weighted by Crippen LogP contribution is 2.37. The Labute approximate surface area is 84.1 Å². The molecule has 0 aromatic carbocycles. The van der Waals surface area contributed by atoms with Gasteiger partial charge in [0, 0.05) is 0 Å². The van der Waals surface area contributed by atoms with Crippen molar-refractivity contribution in [2.24, 2.45) is 22.5 Å². The molecule has 0 aliphatic carbocycles. The van der Waals surface area contributed by atoms with Crippen LogP contribution in [-0.4, -0.2) is 6.54 Å². The third kappa shape index (κ3) is 4.66. The molecule has 1 atom stereocenters. The monoisotopic (exact) mass is 185 g/mol. The maximum Gasteiger partial charge on any atom is -0.00437 e. The van der Waals surface area contributed by atoms with Crippen LogP contribution < -0.4 is 5.73 Å². The van der Waals surface area contributed by atoms with Crippen LogP contribution in [0.1, 0.15) is 54.4 Å². The van der Waals surface area contributed by atoms with Gasteiger partial charge in [0.05, 0.1) is 0 Å². The second kappa shape index (κ2) is 4.45. The summed E-state index contributed by atoms with van der Waals surface area (Å²) in [6.07, 6.45) is 2.48. The van der Waals surface area contributed by atoms with Crippen LogP contribution in [0.4, 0.5) is 0 Å². The molecule has 0 spiro atoms. The molecule has 0 fully saturated rings. The van der Waals surface area contributed by atoms with Crippen molar-refractivity contribution in [3.8, 4) is 0 Å². The van der Waals surface area contributed by atoms with E-state index in [0.29, 0.717) is 16.7 Å². The summed E-state index contributed by atoms with van der Waals surface area (Å²) in [5.74, 6) is 0.641. The van der Waals surface area contributed by atoms with Crippen LogP contribution in [-0.2, 0) is 0 Å². The molecule has 0 heterocycles. The van der Waals surface area contributed by atoms with Gasteiger partial charge in [0.25, 0.3) is 0 Å². The minimum atomic E-state index is 0.348. The van der Waals surface area contributed by atoms with Crippen molar-refractivity contribution in [3.05, 3.63) is 0 Å². The second-order valence-electron chi connectivity index (χ2n) is 6.02. The molecular formula is C12H27N. The molecular weight excluding hydrogens is 158 g/mol. The Morgan fingerprint density at radius 1 is 1.08 bits per heavy atom. The van der Waals surface area contributed by atoms with Crippen LogP contribution in [0.15, 0.2) is 0 Å². The molecule has 0 rings (SSSR count). The summed E-state index contributed by atoms with van der Waals surface area (Å²) >= 11 is 0. The summed E-state index contributed by atoms with van der Waals surface area (Å²) < 4.78 is 0. The molecule has 0 saturated carbocycles. The molecule has 0 aromatic heterocycles. The fourth-order valence-electron chi connectivity index (χ4n) is 1.55. The third-order valence-corrected chi connectivity index (χ3v) is 3.27. The van der Waals surface area contributed by atoms with E-state index in [4.69, 9.17) is 5.73 Å². The Bertz CT molecular complexity index is 142. The smallest absolute Gasteiger partial charge is 0.00437 e. The predicted molar refractivity (Wildman–Crippen MR) is 60.7 cm³/mol. The largest absolute Gasteiger partial charge is 0.330 e. The van der Waals surface area contributed by atoms with Crippen molar-refractivity contribution in [3.63, 3.8) is 0 Å². The molecule has 0 aliphatic heterocycles. The maximum atomic E-state index is 5.82. The van der Waals surface area contributed by atoms with E-state index in [-0.39, 0.29) is 0 Å². The number of hydrogen-bond acceptors (Lipinski definition) is 1. The normalized spacial score (nSPS) is 15.9. The van der Waals surface area contributed by atoms with Gasteiger partial charge in [0.2, 0.25) is 0 Å². The lowest BCUT2D eigenvalue weighted by molar-refractivity contribution is 0.157. The lowest BCUT2D eigenvalue weighted by atomic mass is 9.71. The molecule has 0 radical (unpaired) electrons. The first-order chi connectivity index (χ1) is 5.73. The fourth-order valence-corrected chi connectivity index (χ4v) is 1.55. The highest BCUT2D eigenvalue weighted by atomic mass is 14.6. The van der Waals surface area contributed by atoms with E-state index in [1.807, 2.05) is 0 Å².